The third kappa shape index (κ3) is 3.46. The van der Waals surface area contributed by atoms with Gasteiger partial charge in [0.05, 0.1) is 0 Å². The molecule has 0 spiro atoms. The average Bonchev–Trinajstić information content (AvgIpc) is 2.83. The normalized spacial score (nSPS) is 29.4. The van der Waals surface area contributed by atoms with Crippen molar-refractivity contribution < 1.29 is 0 Å². The van der Waals surface area contributed by atoms with Gasteiger partial charge in [-0.1, -0.05) is 54.6 Å². The van der Waals surface area contributed by atoms with Crippen molar-refractivity contribution in [3.63, 3.8) is 0 Å². The highest BCUT2D eigenvalue weighted by atomic mass is 79.9. The van der Waals surface area contributed by atoms with Gasteiger partial charge in [-0.05, 0) is 60.9 Å². The van der Waals surface area contributed by atoms with Crippen molar-refractivity contribution in [3.05, 3.63) is 33.8 Å². The fourth-order valence-corrected chi connectivity index (χ4v) is 4.29. The van der Waals surface area contributed by atoms with Crippen LogP contribution in [-0.2, 0) is 6.42 Å². The number of nitrogens with one attached hydrogen (secondary N) is 1. The number of fused-ring (bicyclic) bond motifs is 1. The molecule has 1 N–H and O–H groups in total. The highest BCUT2D eigenvalue weighted by Gasteiger charge is 2.23. The van der Waals surface area contributed by atoms with Crippen LogP contribution in [0, 0.1) is 11.8 Å². The highest BCUT2D eigenvalue weighted by molar-refractivity contribution is 9.10. The monoisotopic (exact) mass is 335 g/mol. The molecule has 2 aliphatic carbocycles. The number of benzene rings is 1. The van der Waals surface area contributed by atoms with Crippen LogP contribution in [0.1, 0.15) is 62.6 Å². The average molecular weight is 336 g/mol. The first-order valence-electron chi connectivity index (χ1n) is 8.24. The van der Waals surface area contributed by atoms with Crippen molar-refractivity contribution in [2.45, 2.75) is 57.9 Å². The molecule has 20 heavy (non-hydrogen) atoms. The minimum atomic E-state index is 0.598. The number of halogens is 1. The van der Waals surface area contributed by atoms with Crippen LogP contribution in [0.25, 0.3) is 0 Å². The lowest BCUT2D eigenvalue weighted by molar-refractivity contribution is 0.272. The fraction of sp³-hybridized carbons (Fsp3) is 0.667. The molecule has 1 aromatic carbocycles. The Balaban J connectivity index is 1.46. The molecular formula is C18H26BrN. The second kappa shape index (κ2) is 6.62. The summed E-state index contributed by atoms with van der Waals surface area (Å²) in [5, 5.41) is 3.80. The van der Waals surface area contributed by atoms with Gasteiger partial charge in [0.25, 0.3) is 0 Å². The first-order valence-corrected chi connectivity index (χ1v) is 9.03. The van der Waals surface area contributed by atoms with Crippen LogP contribution in [0.3, 0.4) is 0 Å². The lowest BCUT2D eigenvalue weighted by Crippen LogP contribution is -2.23. The van der Waals surface area contributed by atoms with E-state index < -0.39 is 0 Å². The summed E-state index contributed by atoms with van der Waals surface area (Å²) in [7, 11) is 0. The SMILES string of the molecule is CC1CCC(CCNC2CCc3cc(Br)ccc32)CC1. The van der Waals surface area contributed by atoms with Gasteiger partial charge in [0, 0.05) is 10.5 Å². The van der Waals surface area contributed by atoms with E-state index in [1.54, 1.807) is 0 Å². The van der Waals surface area contributed by atoms with Gasteiger partial charge in [0.1, 0.15) is 0 Å². The Hall–Kier alpha value is -0.340. The third-order valence-electron chi connectivity index (χ3n) is 5.26. The van der Waals surface area contributed by atoms with Gasteiger partial charge in [0.2, 0.25) is 0 Å². The molecule has 1 nitrogen and oxygen atoms in total. The van der Waals surface area contributed by atoms with Gasteiger partial charge in [-0.3, -0.25) is 0 Å². The molecule has 0 aromatic heterocycles. The van der Waals surface area contributed by atoms with E-state index in [0.717, 1.165) is 11.8 Å². The molecule has 1 aromatic rings. The van der Waals surface area contributed by atoms with E-state index in [4.69, 9.17) is 0 Å². The summed E-state index contributed by atoms with van der Waals surface area (Å²) in [5.74, 6) is 1.95. The Labute approximate surface area is 131 Å². The molecule has 3 rings (SSSR count). The van der Waals surface area contributed by atoms with Gasteiger partial charge < -0.3 is 5.32 Å². The first-order chi connectivity index (χ1) is 9.72. The van der Waals surface area contributed by atoms with Gasteiger partial charge in [0.15, 0.2) is 0 Å². The Bertz CT molecular complexity index is 449. The second-order valence-electron chi connectivity index (χ2n) is 6.80. The van der Waals surface area contributed by atoms with Crippen molar-refractivity contribution in [2.75, 3.05) is 6.54 Å². The summed E-state index contributed by atoms with van der Waals surface area (Å²) in [6.07, 6.45) is 9.68. The highest BCUT2D eigenvalue weighted by Crippen LogP contribution is 2.34. The maximum Gasteiger partial charge on any atom is 0.0326 e. The molecule has 0 saturated heterocycles. The van der Waals surface area contributed by atoms with E-state index in [9.17, 15) is 0 Å². The molecule has 1 fully saturated rings. The van der Waals surface area contributed by atoms with E-state index in [-0.39, 0.29) is 0 Å². The van der Waals surface area contributed by atoms with Gasteiger partial charge in [-0.2, -0.15) is 0 Å². The molecule has 1 unspecified atom stereocenters. The Kier molecular flexibility index (Phi) is 4.83. The first kappa shape index (κ1) is 14.6. The molecule has 110 valence electrons. The predicted octanol–water partition coefficient (Wildman–Crippen LogP) is 5.24. The molecule has 0 amide bonds. The van der Waals surface area contributed by atoms with Crippen LogP contribution in [0.15, 0.2) is 22.7 Å². The van der Waals surface area contributed by atoms with Crippen molar-refractivity contribution in [3.8, 4) is 0 Å². The zero-order chi connectivity index (χ0) is 13.9. The minimum Gasteiger partial charge on any atom is -0.310 e. The maximum atomic E-state index is 3.80. The fourth-order valence-electron chi connectivity index (χ4n) is 3.88. The quantitative estimate of drug-likeness (QED) is 0.793. The van der Waals surface area contributed by atoms with Crippen LogP contribution < -0.4 is 5.32 Å². The molecular weight excluding hydrogens is 310 g/mol. The number of aryl methyl sites for hydroxylation is 1. The van der Waals surface area contributed by atoms with Crippen LogP contribution in [0.4, 0.5) is 0 Å². The Morgan fingerprint density at radius 1 is 1.15 bits per heavy atom. The number of rotatable bonds is 4. The third-order valence-corrected chi connectivity index (χ3v) is 5.75. The molecule has 0 radical (unpaired) electrons. The lowest BCUT2D eigenvalue weighted by Gasteiger charge is -2.26. The van der Waals surface area contributed by atoms with Gasteiger partial charge >= 0.3 is 0 Å². The van der Waals surface area contributed by atoms with Crippen LogP contribution in [0.5, 0.6) is 0 Å². The van der Waals surface area contributed by atoms with Crippen LogP contribution in [0.2, 0.25) is 0 Å². The van der Waals surface area contributed by atoms with E-state index in [0.29, 0.717) is 6.04 Å². The molecule has 0 heterocycles. The number of hydrogen-bond acceptors (Lipinski definition) is 1. The van der Waals surface area contributed by atoms with Crippen LogP contribution >= 0.6 is 15.9 Å². The van der Waals surface area contributed by atoms with Crippen molar-refractivity contribution >= 4 is 15.9 Å². The smallest absolute Gasteiger partial charge is 0.0326 e. The maximum absolute atomic E-state index is 3.80. The predicted molar refractivity (Wildman–Crippen MR) is 88.9 cm³/mol. The summed E-state index contributed by atoms with van der Waals surface area (Å²) in [6.45, 7) is 3.60. The zero-order valence-corrected chi connectivity index (χ0v) is 14.1. The molecule has 1 saturated carbocycles. The molecule has 1 atom stereocenters. The van der Waals surface area contributed by atoms with Crippen molar-refractivity contribution in [2.24, 2.45) is 11.8 Å². The Morgan fingerprint density at radius 3 is 2.75 bits per heavy atom. The minimum absolute atomic E-state index is 0.598. The van der Waals surface area contributed by atoms with E-state index >= 15 is 0 Å². The van der Waals surface area contributed by atoms with Crippen molar-refractivity contribution in [1.82, 2.24) is 5.32 Å². The van der Waals surface area contributed by atoms with Crippen molar-refractivity contribution in [1.29, 1.82) is 0 Å². The standard InChI is InChI=1S/C18H26BrN/c1-13-2-4-14(5-3-13)10-11-20-18-9-6-15-12-16(19)7-8-17(15)18/h7-8,12-14,18,20H,2-6,9-11H2,1H3. The van der Waals surface area contributed by atoms with E-state index in [2.05, 4.69) is 46.4 Å². The summed E-state index contributed by atoms with van der Waals surface area (Å²) in [4.78, 5) is 0. The Morgan fingerprint density at radius 2 is 1.95 bits per heavy atom. The van der Waals surface area contributed by atoms with Crippen LogP contribution in [-0.4, -0.2) is 6.54 Å². The topological polar surface area (TPSA) is 12.0 Å². The molecule has 0 bridgehead atoms. The largest absolute Gasteiger partial charge is 0.310 e. The molecule has 2 aliphatic rings. The summed E-state index contributed by atoms with van der Waals surface area (Å²) in [5.41, 5.74) is 3.06. The number of hydrogen-bond donors (Lipinski definition) is 1. The molecule has 2 heteroatoms. The summed E-state index contributed by atoms with van der Waals surface area (Å²) < 4.78 is 1.22. The van der Waals surface area contributed by atoms with Gasteiger partial charge in [-0.15, -0.1) is 0 Å². The van der Waals surface area contributed by atoms with E-state index in [1.807, 2.05) is 0 Å². The van der Waals surface area contributed by atoms with E-state index in [1.165, 1.54) is 67.1 Å². The second-order valence-corrected chi connectivity index (χ2v) is 7.72. The zero-order valence-electron chi connectivity index (χ0n) is 12.5. The molecule has 0 aliphatic heterocycles. The lowest BCUT2D eigenvalue weighted by atomic mass is 9.81. The van der Waals surface area contributed by atoms with Gasteiger partial charge in [-0.25, -0.2) is 0 Å². The summed E-state index contributed by atoms with van der Waals surface area (Å²) in [6, 6.07) is 7.37. The summed E-state index contributed by atoms with van der Waals surface area (Å²) >= 11 is 3.57.